The molecule has 0 atom stereocenters. The first-order valence-corrected chi connectivity index (χ1v) is 8.67. The Balaban J connectivity index is 2.01. The molecule has 0 saturated carbocycles. The molecule has 0 spiro atoms. The molecule has 9 nitrogen and oxygen atoms in total. The summed E-state index contributed by atoms with van der Waals surface area (Å²) in [6, 6.07) is 5.20. The smallest absolute Gasteiger partial charge is 0.363 e. The number of sulfonamides is 1. The van der Waals surface area contributed by atoms with Gasteiger partial charge in [-0.2, -0.15) is 0 Å². The van der Waals surface area contributed by atoms with Gasteiger partial charge in [-0.15, -0.1) is 0 Å². The Morgan fingerprint density at radius 3 is 2.67 bits per heavy atom. The SMILES string of the molecule is Cc1ccc(C)c(S(=O)(=O)NCCNc2c([N+](=O)[O-])ncn2C)c1. The number of hydrogen-bond donors (Lipinski definition) is 2. The van der Waals surface area contributed by atoms with E-state index in [0.717, 1.165) is 5.56 Å². The van der Waals surface area contributed by atoms with Crippen molar-refractivity contribution in [1.82, 2.24) is 14.3 Å². The van der Waals surface area contributed by atoms with Crippen molar-refractivity contribution in [2.75, 3.05) is 18.4 Å². The number of aryl methyl sites for hydroxylation is 3. The first kappa shape index (κ1) is 17.9. The van der Waals surface area contributed by atoms with Gasteiger partial charge in [-0.1, -0.05) is 12.1 Å². The van der Waals surface area contributed by atoms with Gasteiger partial charge in [0.2, 0.25) is 22.2 Å². The van der Waals surface area contributed by atoms with E-state index in [4.69, 9.17) is 0 Å². The largest absolute Gasteiger partial charge is 0.406 e. The van der Waals surface area contributed by atoms with Gasteiger partial charge in [0.05, 0.1) is 4.90 Å². The summed E-state index contributed by atoms with van der Waals surface area (Å²) in [7, 11) is -2.02. The van der Waals surface area contributed by atoms with Crippen LogP contribution in [0.1, 0.15) is 11.1 Å². The number of imidazole rings is 1. The first-order chi connectivity index (χ1) is 11.2. The van der Waals surface area contributed by atoms with Crippen LogP contribution in [-0.2, 0) is 17.1 Å². The van der Waals surface area contributed by atoms with Crippen molar-refractivity contribution in [3.8, 4) is 0 Å². The van der Waals surface area contributed by atoms with Crippen molar-refractivity contribution < 1.29 is 13.3 Å². The van der Waals surface area contributed by atoms with E-state index in [1.807, 2.05) is 13.0 Å². The van der Waals surface area contributed by atoms with Crippen LogP contribution < -0.4 is 10.0 Å². The van der Waals surface area contributed by atoms with Gasteiger partial charge >= 0.3 is 5.82 Å². The molecule has 0 radical (unpaired) electrons. The molecule has 1 aromatic heterocycles. The van der Waals surface area contributed by atoms with Gasteiger partial charge in [0, 0.05) is 20.1 Å². The van der Waals surface area contributed by atoms with Crippen LogP contribution in [0.25, 0.3) is 0 Å². The highest BCUT2D eigenvalue weighted by Gasteiger charge is 2.20. The Labute approximate surface area is 139 Å². The van der Waals surface area contributed by atoms with Crippen molar-refractivity contribution in [3.05, 3.63) is 45.8 Å². The maximum absolute atomic E-state index is 12.3. The fourth-order valence-electron chi connectivity index (χ4n) is 2.20. The lowest BCUT2D eigenvalue weighted by Gasteiger charge is -2.11. The highest BCUT2D eigenvalue weighted by molar-refractivity contribution is 7.89. The van der Waals surface area contributed by atoms with E-state index in [2.05, 4.69) is 15.0 Å². The normalized spacial score (nSPS) is 11.5. The van der Waals surface area contributed by atoms with E-state index in [0.29, 0.717) is 5.56 Å². The zero-order chi connectivity index (χ0) is 17.9. The summed E-state index contributed by atoms with van der Waals surface area (Å²) in [5.41, 5.74) is 1.51. The van der Waals surface area contributed by atoms with Crippen LogP contribution >= 0.6 is 0 Å². The molecule has 2 N–H and O–H groups in total. The van der Waals surface area contributed by atoms with Crippen LogP contribution in [0.2, 0.25) is 0 Å². The molecule has 0 aliphatic rings. The zero-order valence-electron chi connectivity index (χ0n) is 13.6. The lowest BCUT2D eigenvalue weighted by atomic mass is 10.2. The molecule has 0 aliphatic carbocycles. The Morgan fingerprint density at radius 2 is 2.00 bits per heavy atom. The molecule has 0 fully saturated rings. The minimum Gasteiger partial charge on any atom is -0.363 e. The van der Waals surface area contributed by atoms with Gasteiger partial charge in [0.15, 0.2) is 0 Å². The van der Waals surface area contributed by atoms with Crippen molar-refractivity contribution in [2.45, 2.75) is 18.7 Å². The molecular formula is C14H19N5O4S. The molecule has 2 aromatic rings. The van der Waals surface area contributed by atoms with Crippen LogP contribution in [0.15, 0.2) is 29.4 Å². The molecule has 10 heteroatoms. The van der Waals surface area contributed by atoms with Crippen LogP contribution in [0.3, 0.4) is 0 Å². The molecule has 130 valence electrons. The molecule has 1 aromatic carbocycles. The lowest BCUT2D eigenvalue weighted by Crippen LogP contribution is -2.29. The van der Waals surface area contributed by atoms with Crippen LogP contribution in [0, 0.1) is 24.0 Å². The Morgan fingerprint density at radius 1 is 1.29 bits per heavy atom. The fourth-order valence-corrected chi connectivity index (χ4v) is 3.56. The summed E-state index contributed by atoms with van der Waals surface area (Å²) in [6.07, 6.45) is 1.32. The first-order valence-electron chi connectivity index (χ1n) is 7.19. The standard InChI is InChI=1S/C14H19N5O4S/c1-10-4-5-11(2)12(8-10)24(22,23)17-7-6-15-13-14(19(20)21)16-9-18(13)3/h4-5,8-9,15,17H,6-7H2,1-3H3. The maximum atomic E-state index is 12.3. The molecule has 0 saturated heterocycles. The number of rotatable bonds is 7. The van der Waals surface area contributed by atoms with Gasteiger partial charge in [-0.3, -0.25) is 4.57 Å². The van der Waals surface area contributed by atoms with Crippen molar-refractivity contribution in [3.63, 3.8) is 0 Å². The van der Waals surface area contributed by atoms with E-state index < -0.39 is 14.9 Å². The maximum Gasteiger partial charge on any atom is 0.406 e. The highest BCUT2D eigenvalue weighted by Crippen LogP contribution is 2.20. The predicted molar refractivity (Wildman–Crippen MR) is 89.5 cm³/mol. The summed E-state index contributed by atoms with van der Waals surface area (Å²) in [4.78, 5) is 14.2. The number of hydrogen-bond acceptors (Lipinski definition) is 6. The number of nitrogens with zero attached hydrogens (tertiary/aromatic N) is 3. The van der Waals surface area contributed by atoms with E-state index in [1.165, 1.54) is 10.9 Å². The molecular weight excluding hydrogens is 334 g/mol. The number of aromatic nitrogens is 2. The van der Waals surface area contributed by atoms with E-state index in [-0.39, 0.29) is 29.6 Å². The lowest BCUT2D eigenvalue weighted by molar-refractivity contribution is -0.388. The third kappa shape index (κ3) is 3.89. The van der Waals surface area contributed by atoms with E-state index >= 15 is 0 Å². The molecule has 1 heterocycles. The summed E-state index contributed by atoms with van der Waals surface area (Å²) in [5, 5.41) is 13.7. The van der Waals surface area contributed by atoms with Crippen molar-refractivity contribution in [2.24, 2.45) is 7.05 Å². The minimum absolute atomic E-state index is 0.0814. The number of benzene rings is 1. The average Bonchev–Trinajstić information content (AvgIpc) is 2.87. The Bertz CT molecular complexity index is 860. The molecule has 0 aliphatic heterocycles. The number of nitrogens with one attached hydrogen (secondary N) is 2. The van der Waals surface area contributed by atoms with Crippen LogP contribution in [0.4, 0.5) is 11.6 Å². The Kier molecular flexibility index (Phi) is 5.20. The third-order valence-corrected chi connectivity index (χ3v) is 5.04. The predicted octanol–water partition coefficient (Wildman–Crippen LogP) is 1.34. The van der Waals surface area contributed by atoms with Gasteiger partial charge in [0.25, 0.3) is 0 Å². The van der Waals surface area contributed by atoms with E-state index in [1.54, 1.807) is 26.1 Å². The number of anilines is 1. The van der Waals surface area contributed by atoms with Crippen LogP contribution in [0.5, 0.6) is 0 Å². The Hall–Kier alpha value is -2.46. The molecule has 0 unspecified atom stereocenters. The summed E-state index contributed by atoms with van der Waals surface area (Å²) >= 11 is 0. The van der Waals surface area contributed by atoms with Crippen LogP contribution in [-0.4, -0.2) is 36.0 Å². The number of nitro groups is 1. The van der Waals surface area contributed by atoms with Gasteiger partial charge in [0.1, 0.15) is 0 Å². The third-order valence-electron chi connectivity index (χ3n) is 3.43. The van der Waals surface area contributed by atoms with Gasteiger partial charge in [-0.05, 0) is 40.9 Å². The molecule has 24 heavy (non-hydrogen) atoms. The second-order valence-corrected chi connectivity index (χ2v) is 7.11. The monoisotopic (exact) mass is 353 g/mol. The van der Waals surface area contributed by atoms with Gasteiger partial charge in [-0.25, -0.2) is 13.1 Å². The molecule has 0 amide bonds. The zero-order valence-corrected chi connectivity index (χ0v) is 14.4. The molecule has 0 bridgehead atoms. The fraction of sp³-hybridized carbons (Fsp3) is 0.357. The highest BCUT2D eigenvalue weighted by atomic mass is 32.2. The minimum atomic E-state index is -3.64. The van der Waals surface area contributed by atoms with Crippen molar-refractivity contribution in [1.29, 1.82) is 0 Å². The average molecular weight is 353 g/mol. The summed E-state index contributed by atoms with van der Waals surface area (Å²) in [6.45, 7) is 3.81. The molecule has 2 rings (SSSR count). The quantitative estimate of drug-likeness (QED) is 0.440. The second-order valence-electron chi connectivity index (χ2n) is 5.38. The van der Waals surface area contributed by atoms with Gasteiger partial charge < -0.3 is 15.4 Å². The van der Waals surface area contributed by atoms with Crippen molar-refractivity contribution >= 4 is 21.7 Å². The van der Waals surface area contributed by atoms with E-state index in [9.17, 15) is 18.5 Å². The summed E-state index contributed by atoms with van der Waals surface area (Å²) < 4.78 is 28.6. The second kappa shape index (κ2) is 6.97. The topological polar surface area (TPSA) is 119 Å². The summed E-state index contributed by atoms with van der Waals surface area (Å²) in [5.74, 6) is -0.0687.